The third kappa shape index (κ3) is 3.95. The van der Waals surface area contributed by atoms with Crippen LogP contribution in [0.5, 0.6) is 0 Å². The summed E-state index contributed by atoms with van der Waals surface area (Å²) in [5.41, 5.74) is 0. The summed E-state index contributed by atoms with van der Waals surface area (Å²) >= 11 is 0. The number of nitrogens with zero attached hydrogens (tertiary/aromatic N) is 2. The first kappa shape index (κ1) is 16.5. The highest BCUT2D eigenvalue weighted by molar-refractivity contribution is 6.06. The van der Waals surface area contributed by atoms with Crippen LogP contribution in [0, 0.1) is 0 Å². The first-order valence-corrected chi connectivity index (χ1v) is 7.44. The maximum Gasteiger partial charge on any atom is 0.325 e. The minimum Gasteiger partial charge on any atom is -0.341 e. The van der Waals surface area contributed by atoms with Crippen molar-refractivity contribution < 1.29 is 14.4 Å². The summed E-state index contributed by atoms with van der Waals surface area (Å²) in [4.78, 5) is 38.7. The lowest BCUT2D eigenvalue weighted by atomic mass is 10.2. The molecule has 0 aromatic carbocycles. The molecule has 1 aliphatic rings. The Bertz CT molecular complexity index is 371. The Morgan fingerprint density at radius 1 is 1.25 bits per heavy atom. The Balaban J connectivity index is 2.60. The van der Waals surface area contributed by atoms with E-state index in [1.54, 1.807) is 4.90 Å². The molecule has 1 heterocycles. The molecule has 1 saturated heterocycles. The molecule has 1 atom stereocenters. The molecule has 1 unspecified atom stereocenters. The summed E-state index contributed by atoms with van der Waals surface area (Å²) < 4.78 is 0. The number of hydrogen-bond acceptors (Lipinski definition) is 3. The van der Waals surface area contributed by atoms with E-state index < -0.39 is 12.1 Å². The number of unbranched alkanes of at least 4 members (excludes halogenated alkanes) is 1. The fourth-order valence-corrected chi connectivity index (χ4v) is 2.25. The van der Waals surface area contributed by atoms with E-state index in [0.717, 1.165) is 24.2 Å². The van der Waals surface area contributed by atoms with Crippen molar-refractivity contribution in [3.8, 4) is 0 Å². The summed E-state index contributed by atoms with van der Waals surface area (Å²) in [6.07, 6.45) is 3.36. The van der Waals surface area contributed by atoms with Crippen LogP contribution in [0.4, 0.5) is 4.79 Å². The van der Waals surface area contributed by atoms with Crippen molar-refractivity contribution in [3.63, 3.8) is 0 Å². The van der Waals surface area contributed by atoms with E-state index in [9.17, 15) is 14.4 Å². The maximum atomic E-state index is 12.1. The second-order valence-corrected chi connectivity index (χ2v) is 5.04. The van der Waals surface area contributed by atoms with Gasteiger partial charge in [-0.15, -0.1) is 0 Å². The van der Waals surface area contributed by atoms with Crippen molar-refractivity contribution >= 4 is 17.8 Å². The van der Waals surface area contributed by atoms with Crippen LogP contribution >= 0.6 is 0 Å². The topological polar surface area (TPSA) is 69.7 Å². The van der Waals surface area contributed by atoms with Gasteiger partial charge in [-0.1, -0.05) is 26.7 Å². The van der Waals surface area contributed by atoms with Gasteiger partial charge in [-0.05, 0) is 19.8 Å². The predicted octanol–water partition coefficient (Wildman–Crippen LogP) is 1.36. The number of imide groups is 1. The molecule has 0 radical (unpaired) electrons. The molecule has 0 aliphatic carbocycles. The highest BCUT2D eigenvalue weighted by Gasteiger charge is 2.38. The van der Waals surface area contributed by atoms with Crippen molar-refractivity contribution in [1.82, 2.24) is 15.1 Å². The number of carbonyl (C=O) groups is 3. The maximum absolute atomic E-state index is 12.1. The second kappa shape index (κ2) is 7.87. The average Bonchev–Trinajstić information content (AvgIpc) is 2.68. The highest BCUT2D eigenvalue weighted by atomic mass is 16.2. The van der Waals surface area contributed by atoms with Gasteiger partial charge in [0.05, 0.1) is 0 Å². The number of amides is 4. The quantitative estimate of drug-likeness (QED) is 0.684. The molecular weight excluding hydrogens is 258 g/mol. The number of nitrogens with one attached hydrogen (secondary N) is 1. The van der Waals surface area contributed by atoms with Gasteiger partial charge in [0, 0.05) is 13.1 Å². The van der Waals surface area contributed by atoms with E-state index in [-0.39, 0.29) is 18.4 Å². The molecule has 6 heteroatoms. The van der Waals surface area contributed by atoms with E-state index in [1.165, 1.54) is 0 Å². The van der Waals surface area contributed by atoms with Gasteiger partial charge in [0.15, 0.2) is 0 Å². The zero-order chi connectivity index (χ0) is 15.1. The Morgan fingerprint density at radius 3 is 2.50 bits per heavy atom. The van der Waals surface area contributed by atoms with E-state index in [0.29, 0.717) is 19.5 Å². The molecule has 4 amide bonds. The lowest BCUT2D eigenvalue weighted by Gasteiger charge is -2.22. The van der Waals surface area contributed by atoms with E-state index >= 15 is 0 Å². The second-order valence-electron chi connectivity index (χ2n) is 5.04. The Morgan fingerprint density at radius 2 is 1.95 bits per heavy atom. The van der Waals surface area contributed by atoms with Crippen LogP contribution in [-0.2, 0) is 9.59 Å². The molecule has 0 saturated carbocycles. The van der Waals surface area contributed by atoms with Gasteiger partial charge in [0.2, 0.25) is 5.91 Å². The van der Waals surface area contributed by atoms with Gasteiger partial charge in [0.25, 0.3) is 5.91 Å². The third-order valence-corrected chi connectivity index (χ3v) is 3.49. The van der Waals surface area contributed by atoms with Crippen LogP contribution in [0.25, 0.3) is 0 Å². The standard InChI is InChI=1S/C14H25N3O3/c1-4-7-9-16(6-3)12(18)10-17-13(19)11(8-5-2)15-14(17)20/h11H,4-10H2,1-3H3,(H,15,20). The summed E-state index contributed by atoms with van der Waals surface area (Å²) in [5, 5.41) is 2.63. The number of urea groups is 1. The number of carbonyl (C=O) groups excluding carboxylic acids is 3. The summed E-state index contributed by atoms with van der Waals surface area (Å²) in [6.45, 7) is 7.04. The van der Waals surface area contributed by atoms with Crippen LogP contribution in [0.15, 0.2) is 0 Å². The van der Waals surface area contributed by atoms with E-state index in [4.69, 9.17) is 0 Å². The lowest BCUT2D eigenvalue weighted by molar-refractivity contribution is -0.137. The molecule has 1 rings (SSSR count). The minimum absolute atomic E-state index is 0.150. The fraction of sp³-hybridized carbons (Fsp3) is 0.786. The van der Waals surface area contributed by atoms with Crippen LogP contribution in [0.3, 0.4) is 0 Å². The van der Waals surface area contributed by atoms with Crippen molar-refractivity contribution in [2.75, 3.05) is 19.6 Å². The summed E-state index contributed by atoms with van der Waals surface area (Å²) in [6, 6.07) is -0.917. The molecule has 20 heavy (non-hydrogen) atoms. The summed E-state index contributed by atoms with van der Waals surface area (Å²) in [5.74, 6) is -0.446. The molecular formula is C14H25N3O3. The van der Waals surface area contributed by atoms with Gasteiger partial charge >= 0.3 is 6.03 Å². The fourth-order valence-electron chi connectivity index (χ4n) is 2.25. The molecule has 0 bridgehead atoms. The minimum atomic E-state index is -0.467. The van der Waals surface area contributed by atoms with Crippen LogP contribution < -0.4 is 5.32 Å². The van der Waals surface area contributed by atoms with Gasteiger partial charge in [-0.3, -0.25) is 14.5 Å². The monoisotopic (exact) mass is 283 g/mol. The molecule has 1 N–H and O–H groups in total. The van der Waals surface area contributed by atoms with Crippen molar-refractivity contribution in [2.24, 2.45) is 0 Å². The Labute approximate surface area is 120 Å². The Hall–Kier alpha value is -1.59. The molecule has 0 aromatic rings. The average molecular weight is 283 g/mol. The number of likely N-dealkylation sites (N-methyl/N-ethyl adjacent to an activating group) is 1. The molecule has 1 aliphatic heterocycles. The van der Waals surface area contributed by atoms with Gasteiger partial charge in [-0.25, -0.2) is 4.79 Å². The Kier molecular flexibility index (Phi) is 6.48. The molecule has 1 fully saturated rings. The van der Waals surface area contributed by atoms with Crippen molar-refractivity contribution in [2.45, 2.75) is 52.5 Å². The number of hydrogen-bond donors (Lipinski definition) is 1. The molecule has 6 nitrogen and oxygen atoms in total. The van der Waals surface area contributed by atoms with Gasteiger partial charge < -0.3 is 10.2 Å². The van der Waals surface area contributed by atoms with E-state index in [2.05, 4.69) is 12.2 Å². The first-order chi connectivity index (χ1) is 9.54. The summed E-state index contributed by atoms with van der Waals surface area (Å²) in [7, 11) is 0. The third-order valence-electron chi connectivity index (χ3n) is 3.49. The van der Waals surface area contributed by atoms with Crippen molar-refractivity contribution in [1.29, 1.82) is 0 Å². The molecule has 114 valence electrons. The number of rotatable bonds is 8. The lowest BCUT2D eigenvalue weighted by Crippen LogP contribution is -2.43. The van der Waals surface area contributed by atoms with E-state index in [1.807, 2.05) is 13.8 Å². The zero-order valence-electron chi connectivity index (χ0n) is 12.6. The normalized spacial score (nSPS) is 18.4. The van der Waals surface area contributed by atoms with Crippen molar-refractivity contribution in [3.05, 3.63) is 0 Å². The van der Waals surface area contributed by atoms with Gasteiger partial charge in [0.1, 0.15) is 12.6 Å². The first-order valence-electron chi connectivity index (χ1n) is 7.44. The SMILES string of the molecule is CCCCN(CC)C(=O)CN1C(=O)NC(CCC)C1=O. The molecule has 0 spiro atoms. The zero-order valence-corrected chi connectivity index (χ0v) is 12.6. The highest BCUT2D eigenvalue weighted by Crippen LogP contribution is 2.11. The van der Waals surface area contributed by atoms with Crippen LogP contribution in [-0.4, -0.2) is 53.3 Å². The van der Waals surface area contributed by atoms with Gasteiger partial charge in [-0.2, -0.15) is 0 Å². The largest absolute Gasteiger partial charge is 0.341 e. The predicted molar refractivity (Wildman–Crippen MR) is 76.1 cm³/mol. The van der Waals surface area contributed by atoms with Crippen LogP contribution in [0.1, 0.15) is 46.5 Å². The van der Waals surface area contributed by atoms with Crippen LogP contribution in [0.2, 0.25) is 0 Å². The molecule has 0 aromatic heterocycles. The smallest absolute Gasteiger partial charge is 0.325 e.